The number of nitrogens with one attached hydrogen (secondary N) is 2. The summed E-state index contributed by atoms with van der Waals surface area (Å²) in [5, 5.41) is 3.97. The SMILES string of the molecule is Cc1ccc(S(=O)(=O)Nc2ccc(-c3noc(C(C)C)n3)cc2NS(=O)(=O)c2ccc(C)cc2)cc1. The van der Waals surface area contributed by atoms with Crippen molar-refractivity contribution in [2.24, 2.45) is 0 Å². The second kappa shape index (κ2) is 9.75. The summed E-state index contributed by atoms with van der Waals surface area (Å²) in [5.74, 6) is 0.685. The van der Waals surface area contributed by atoms with Crippen LogP contribution < -0.4 is 9.44 Å². The third-order valence-electron chi connectivity index (χ3n) is 5.36. The van der Waals surface area contributed by atoms with Gasteiger partial charge in [0, 0.05) is 11.5 Å². The predicted molar refractivity (Wildman–Crippen MR) is 138 cm³/mol. The van der Waals surface area contributed by atoms with Crippen molar-refractivity contribution in [2.75, 3.05) is 9.44 Å². The minimum Gasteiger partial charge on any atom is -0.339 e. The molecule has 0 saturated heterocycles. The molecule has 0 fully saturated rings. The van der Waals surface area contributed by atoms with Crippen molar-refractivity contribution in [3.8, 4) is 11.4 Å². The van der Waals surface area contributed by atoms with E-state index in [4.69, 9.17) is 4.52 Å². The first kappa shape index (κ1) is 25.4. The molecule has 1 aromatic heterocycles. The van der Waals surface area contributed by atoms with Gasteiger partial charge in [0.2, 0.25) is 11.7 Å². The van der Waals surface area contributed by atoms with Gasteiger partial charge in [-0.2, -0.15) is 4.98 Å². The van der Waals surface area contributed by atoms with E-state index in [1.807, 2.05) is 27.7 Å². The Hall–Kier alpha value is -3.70. The Balaban J connectivity index is 1.77. The molecule has 0 unspecified atom stereocenters. The highest BCUT2D eigenvalue weighted by Crippen LogP contribution is 2.32. The molecule has 0 aliphatic heterocycles. The largest absolute Gasteiger partial charge is 0.339 e. The van der Waals surface area contributed by atoms with Gasteiger partial charge in [-0.15, -0.1) is 0 Å². The molecule has 0 atom stereocenters. The van der Waals surface area contributed by atoms with Gasteiger partial charge in [-0.25, -0.2) is 16.8 Å². The lowest BCUT2D eigenvalue weighted by Gasteiger charge is -2.16. The average Bonchev–Trinajstić information content (AvgIpc) is 3.31. The molecule has 3 aromatic carbocycles. The van der Waals surface area contributed by atoms with Crippen molar-refractivity contribution in [1.29, 1.82) is 0 Å². The fourth-order valence-electron chi connectivity index (χ4n) is 3.29. The van der Waals surface area contributed by atoms with E-state index in [0.717, 1.165) is 11.1 Å². The van der Waals surface area contributed by atoms with Crippen molar-refractivity contribution in [2.45, 2.75) is 43.4 Å². The van der Waals surface area contributed by atoms with E-state index in [1.165, 1.54) is 36.4 Å². The molecular weight excluding hydrogens is 500 g/mol. The van der Waals surface area contributed by atoms with E-state index < -0.39 is 20.0 Å². The fraction of sp³-hybridized carbons (Fsp3) is 0.200. The van der Waals surface area contributed by atoms with Crippen LogP contribution in [0.15, 0.2) is 81.0 Å². The molecule has 0 aliphatic rings. The third-order valence-corrected chi connectivity index (χ3v) is 8.13. The van der Waals surface area contributed by atoms with Crippen LogP contribution in [0.1, 0.15) is 36.8 Å². The van der Waals surface area contributed by atoms with Crippen molar-refractivity contribution in [3.63, 3.8) is 0 Å². The lowest BCUT2D eigenvalue weighted by atomic mass is 10.1. The second-order valence-corrected chi connectivity index (χ2v) is 12.1. The van der Waals surface area contributed by atoms with E-state index in [0.29, 0.717) is 11.5 Å². The molecule has 2 N–H and O–H groups in total. The van der Waals surface area contributed by atoms with Gasteiger partial charge < -0.3 is 4.52 Å². The monoisotopic (exact) mass is 526 g/mol. The predicted octanol–water partition coefficient (Wildman–Crippen LogP) is 5.08. The standard InChI is InChI=1S/C25H26N4O5S2/c1-16(2)25-26-24(27-34-25)19-9-14-22(28-35(30,31)20-10-5-17(3)6-11-20)23(15-19)29-36(32,33)21-12-7-18(4)8-13-21/h5-16,28-29H,1-4H3. The zero-order chi connectivity index (χ0) is 26.1. The molecule has 1 heterocycles. The molecule has 0 bridgehead atoms. The maximum Gasteiger partial charge on any atom is 0.261 e. The number of sulfonamides is 2. The number of aryl methyl sites for hydroxylation is 2. The fourth-order valence-corrected chi connectivity index (χ4v) is 5.44. The Morgan fingerprint density at radius 1 is 0.722 bits per heavy atom. The molecule has 0 saturated carbocycles. The Kier molecular flexibility index (Phi) is 6.87. The zero-order valence-electron chi connectivity index (χ0n) is 20.2. The lowest BCUT2D eigenvalue weighted by molar-refractivity contribution is 0.365. The molecular formula is C25H26N4O5S2. The Bertz CT molecular complexity index is 1590. The number of nitrogens with zero attached hydrogens (tertiary/aromatic N) is 2. The average molecular weight is 527 g/mol. The van der Waals surface area contributed by atoms with Gasteiger partial charge in [0.25, 0.3) is 20.0 Å². The van der Waals surface area contributed by atoms with Gasteiger partial charge in [-0.1, -0.05) is 54.4 Å². The summed E-state index contributed by atoms with van der Waals surface area (Å²) in [4.78, 5) is 4.43. The van der Waals surface area contributed by atoms with Gasteiger partial charge in [0.1, 0.15) is 0 Å². The van der Waals surface area contributed by atoms with Crippen LogP contribution in [0.5, 0.6) is 0 Å². The van der Waals surface area contributed by atoms with E-state index in [9.17, 15) is 16.8 Å². The van der Waals surface area contributed by atoms with Crippen molar-refractivity contribution < 1.29 is 21.4 Å². The van der Waals surface area contributed by atoms with Gasteiger partial charge in [0.05, 0.1) is 21.2 Å². The number of aromatic nitrogens is 2. The first-order valence-electron chi connectivity index (χ1n) is 11.1. The Morgan fingerprint density at radius 2 is 1.22 bits per heavy atom. The summed E-state index contributed by atoms with van der Waals surface area (Å²) in [6.45, 7) is 7.51. The molecule has 4 aromatic rings. The second-order valence-electron chi connectivity index (χ2n) is 8.71. The smallest absolute Gasteiger partial charge is 0.261 e. The van der Waals surface area contributed by atoms with Gasteiger partial charge in [-0.3, -0.25) is 9.44 Å². The Morgan fingerprint density at radius 3 is 1.69 bits per heavy atom. The van der Waals surface area contributed by atoms with Crippen LogP contribution in [0.25, 0.3) is 11.4 Å². The minimum atomic E-state index is -4.03. The van der Waals surface area contributed by atoms with Crippen LogP contribution in [0.4, 0.5) is 11.4 Å². The molecule has 0 aliphatic carbocycles. The first-order valence-corrected chi connectivity index (χ1v) is 14.1. The summed E-state index contributed by atoms with van der Waals surface area (Å²) < 4.78 is 62.6. The maximum atomic E-state index is 13.1. The molecule has 0 radical (unpaired) electrons. The van der Waals surface area contributed by atoms with Gasteiger partial charge in [0.15, 0.2) is 0 Å². The van der Waals surface area contributed by atoms with Gasteiger partial charge in [-0.05, 0) is 56.3 Å². The van der Waals surface area contributed by atoms with E-state index in [2.05, 4.69) is 19.6 Å². The topological polar surface area (TPSA) is 131 Å². The van der Waals surface area contributed by atoms with Crippen LogP contribution in [-0.4, -0.2) is 27.0 Å². The molecule has 4 rings (SSSR count). The number of hydrogen-bond donors (Lipinski definition) is 2. The number of hydrogen-bond acceptors (Lipinski definition) is 7. The highest BCUT2D eigenvalue weighted by Gasteiger charge is 2.22. The first-order chi connectivity index (χ1) is 16.9. The van der Waals surface area contributed by atoms with Crippen LogP contribution in [-0.2, 0) is 20.0 Å². The summed E-state index contributed by atoms with van der Waals surface area (Å²) >= 11 is 0. The molecule has 9 nitrogen and oxygen atoms in total. The van der Waals surface area contributed by atoms with E-state index >= 15 is 0 Å². The van der Waals surface area contributed by atoms with E-state index in [1.54, 1.807) is 30.3 Å². The van der Waals surface area contributed by atoms with E-state index in [-0.39, 0.29) is 32.9 Å². The Labute approximate surface area is 210 Å². The molecule has 36 heavy (non-hydrogen) atoms. The highest BCUT2D eigenvalue weighted by atomic mass is 32.2. The molecule has 188 valence electrons. The quantitative estimate of drug-likeness (QED) is 0.327. The third kappa shape index (κ3) is 5.58. The maximum absolute atomic E-state index is 13.1. The minimum absolute atomic E-state index is 0.00588. The van der Waals surface area contributed by atoms with Crippen LogP contribution >= 0.6 is 0 Å². The summed E-state index contributed by atoms with van der Waals surface area (Å²) in [7, 11) is -8.03. The zero-order valence-corrected chi connectivity index (χ0v) is 21.8. The summed E-state index contributed by atoms with van der Waals surface area (Å²) in [5.41, 5.74) is 2.32. The lowest BCUT2D eigenvalue weighted by Crippen LogP contribution is -2.17. The van der Waals surface area contributed by atoms with Crippen molar-refractivity contribution >= 4 is 31.4 Å². The number of anilines is 2. The molecule has 11 heteroatoms. The van der Waals surface area contributed by atoms with Crippen LogP contribution in [0.2, 0.25) is 0 Å². The van der Waals surface area contributed by atoms with Crippen LogP contribution in [0, 0.1) is 13.8 Å². The van der Waals surface area contributed by atoms with Crippen LogP contribution in [0.3, 0.4) is 0 Å². The molecule has 0 spiro atoms. The molecule has 0 amide bonds. The highest BCUT2D eigenvalue weighted by molar-refractivity contribution is 7.93. The summed E-state index contributed by atoms with van der Waals surface area (Å²) in [6, 6.07) is 17.2. The number of rotatable bonds is 8. The number of benzene rings is 3. The van der Waals surface area contributed by atoms with Crippen molar-refractivity contribution in [3.05, 3.63) is 83.7 Å². The van der Waals surface area contributed by atoms with Gasteiger partial charge >= 0.3 is 0 Å². The summed E-state index contributed by atoms with van der Waals surface area (Å²) in [6.07, 6.45) is 0. The van der Waals surface area contributed by atoms with Crippen molar-refractivity contribution in [1.82, 2.24) is 10.1 Å². The normalized spacial score (nSPS) is 12.0.